The lowest BCUT2D eigenvalue weighted by atomic mass is 10.1. The molecule has 3 rings (SSSR count). The molecule has 0 radical (unpaired) electrons. The standard InChI is InChI=1S/C14H15NO4.3H3O4P/c1-8-11(16)12(17)14(19-8)15-7-6-9-4-2-3-5-10(9)13(15)18;3*1-5(2,3)4/h2-8,11-12,14,16-17H,1H3;3*(H3,1,2,3,4). The second-order valence-corrected chi connectivity index (χ2v) is 9.45. The molecule has 0 bridgehead atoms. The topological polar surface area (TPSA) is 305 Å². The van der Waals surface area contributed by atoms with E-state index < -0.39 is 48.0 Å². The molecule has 1 fully saturated rings. The van der Waals surface area contributed by atoms with Crippen LogP contribution in [0.5, 0.6) is 0 Å². The summed E-state index contributed by atoms with van der Waals surface area (Å²) in [6, 6.07) is 9.03. The molecule has 2 aromatic rings. The van der Waals surface area contributed by atoms with Crippen molar-refractivity contribution in [2.75, 3.05) is 0 Å². The first-order chi connectivity index (χ1) is 15.1. The number of hydrogen-bond acceptors (Lipinski definition) is 7. The summed E-state index contributed by atoms with van der Waals surface area (Å²) in [5, 5.41) is 21.1. The Kier molecular flexibility index (Phi) is 12.6. The van der Waals surface area contributed by atoms with Crippen LogP contribution in [0.15, 0.2) is 41.3 Å². The van der Waals surface area contributed by atoms with Crippen LogP contribution in [-0.4, -0.2) is 77.1 Å². The van der Waals surface area contributed by atoms with Crippen molar-refractivity contribution in [3.8, 4) is 0 Å². The number of hydrogen-bond donors (Lipinski definition) is 11. The SMILES string of the molecule is CC1OC(n2ccc3ccccc3c2=O)C(O)C1O.O=P(O)(O)O.O=P(O)(O)O.O=P(O)(O)O. The molecule has 0 saturated carbocycles. The number of pyridine rings is 1. The van der Waals surface area contributed by atoms with Crippen LogP contribution in [-0.2, 0) is 18.4 Å². The average Bonchev–Trinajstić information content (AvgIpc) is 2.85. The van der Waals surface area contributed by atoms with Crippen molar-refractivity contribution < 1.29 is 72.7 Å². The quantitative estimate of drug-likeness (QED) is 0.167. The van der Waals surface area contributed by atoms with Crippen LogP contribution in [0.25, 0.3) is 10.8 Å². The van der Waals surface area contributed by atoms with E-state index in [-0.39, 0.29) is 5.56 Å². The van der Waals surface area contributed by atoms with Gasteiger partial charge in [0.15, 0.2) is 6.23 Å². The summed E-state index contributed by atoms with van der Waals surface area (Å²) >= 11 is 0. The molecule has 0 aliphatic carbocycles. The van der Waals surface area contributed by atoms with E-state index in [0.717, 1.165) is 5.39 Å². The van der Waals surface area contributed by atoms with Crippen LogP contribution < -0.4 is 5.56 Å². The molecule has 2 heterocycles. The van der Waals surface area contributed by atoms with Crippen molar-refractivity contribution in [2.24, 2.45) is 0 Å². The molecular formula is C14H24NO16P3. The van der Waals surface area contributed by atoms with E-state index in [1.165, 1.54) is 4.57 Å². The number of benzene rings is 1. The Labute approximate surface area is 190 Å². The number of aromatic nitrogens is 1. The lowest BCUT2D eigenvalue weighted by Crippen LogP contribution is -2.34. The van der Waals surface area contributed by atoms with Gasteiger partial charge in [-0.3, -0.25) is 9.36 Å². The fraction of sp³-hybridized carbons (Fsp3) is 0.357. The molecule has 4 atom stereocenters. The van der Waals surface area contributed by atoms with Crippen LogP contribution in [0.2, 0.25) is 0 Å². The first-order valence-corrected chi connectivity index (χ1v) is 13.3. The van der Waals surface area contributed by atoms with Gasteiger partial charge >= 0.3 is 23.5 Å². The maximum absolute atomic E-state index is 12.4. The zero-order chi connectivity index (χ0) is 27.1. The molecule has 1 aromatic carbocycles. The minimum atomic E-state index is -4.64. The molecule has 4 unspecified atom stereocenters. The fourth-order valence-electron chi connectivity index (χ4n) is 2.46. The van der Waals surface area contributed by atoms with E-state index in [4.69, 9.17) is 62.5 Å². The monoisotopic (exact) mass is 555 g/mol. The molecule has 0 spiro atoms. The molecule has 1 aromatic heterocycles. The summed E-state index contributed by atoms with van der Waals surface area (Å²) in [5.74, 6) is 0. The highest BCUT2D eigenvalue weighted by atomic mass is 31.2. The van der Waals surface area contributed by atoms with Gasteiger partial charge in [-0.15, -0.1) is 0 Å². The first kappa shape index (κ1) is 32.6. The Morgan fingerprint density at radius 3 is 1.56 bits per heavy atom. The van der Waals surface area contributed by atoms with Crippen molar-refractivity contribution in [3.05, 3.63) is 46.9 Å². The number of ether oxygens (including phenoxy) is 1. The van der Waals surface area contributed by atoms with Crippen molar-refractivity contribution in [1.82, 2.24) is 4.57 Å². The van der Waals surface area contributed by atoms with Gasteiger partial charge < -0.3 is 59.0 Å². The lowest BCUT2D eigenvalue weighted by Gasteiger charge is -2.18. The third-order valence-corrected chi connectivity index (χ3v) is 3.59. The van der Waals surface area contributed by atoms with E-state index in [9.17, 15) is 15.0 Å². The van der Waals surface area contributed by atoms with Crippen LogP contribution in [0.3, 0.4) is 0 Å². The number of fused-ring (bicyclic) bond motifs is 1. The van der Waals surface area contributed by atoms with E-state index in [1.54, 1.807) is 31.3 Å². The highest BCUT2D eigenvalue weighted by Crippen LogP contribution is 2.29. The van der Waals surface area contributed by atoms with Crippen molar-refractivity contribution in [2.45, 2.75) is 31.5 Å². The Balaban J connectivity index is 0.000000599. The number of aliphatic hydroxyl groups is 2. The number of nitrogens with zero attached hydrogens (tertiary/aromatic N) is 1. The maximum atomic E-state index is 12.4. The van der Waals surface area contributed by atoms with Gasteiger partial charge in [-0.25, -0.2) is 13.7 Å². The molecule has 11 N–H and O–H groups in total. The third-order valence-electron chi connectivity index (χ3n) is 3.59. The summed E-state index contributed by atoms with van der Waals surface area (Å²) in [6.07, 6.45) is -1.85. The Morgan fingerprint density at radius 2 is 1.18 bits per heavy atom. The van der Waals surface area contributed by atoms with Gasteiger partial charge in [-0.2, -0.15) is 0 Å². The van der Waals surface area contributed by atoms with E-state index in [2.05, 4.69) is 0 Å². The van der Waals surface area contributed by atoms with Gasteiger partial charge in [0, 0.05) is 11.6 Å². The van der Waals surface area contributed by atoms with Gasteiger partial charge in [-0.1, -0.05) is 18.2 Å². The highest BCUT2D eigenvalue weighted by molar-refractivity contribution is 7.45. The molecule has 1 aliphatic rings. The third kappa shape index (κ3) is 14.8. The Bertz CT molecular complexity index is 1050. The maximum Gasteiger partial charge on any atom is 0.466 e. The summed E-state index contributed by atoms with van der Waals surface area (Å²) in [5.41, 5.74) is -0.233. The predicted octanol–water partition coefficient (Wildman–Crippen LogP) is -2.15. The Hall–Kier alpha value is -1.36. The largest absolute Gasteiger partial charge is 0.466 e. The zero-order valence-electron chi connectivity index (χ0n) is 17.0. The summed E-state index contributed by atoms with van der Waals surface area (Å²) in [7, 11) is -13.9. The van der Waals surface area contributed by atoms with Gasteiger partial charge in [0.1, 0.15) is 12.2 Å². The van der Waals surface area contributed by atoms with E-state index in [0.29, 0.717) is 5.39 Å². The van der Waals surface area contributed by atoms with Gasteiger partial charge in [0.2, 0.25) is 0 Å². The Morgan fingerprint density at radius 1 is 0.765 bits per heavy atom. The van der Waals surface area contributed by atoms with Crippen molar-refractivity contribution in [3.63, 3.8) is 0 Å². The number of rotatable bonds is 1. The van der Waals surface area contributed by atoms with Crippen LogP contribution in [0.1, 0.15) is 13.2 Å². The molecule has 20 heteroatoms. The minimum Gasteiger partial charge on any atom is -0.388 e. The van der Waals surface area contributed by atoms with Crippen LogP contribution >= 0.6 is 23.5 Å². The molecule has 17 nitrogen and oxygen atoms in total. The molecule has 1 saturated heterocycles. The molecular weight excluding hydrogens is 531 g/mol. The zero-order valence-corrected chi connectivity index (χ0v) is 19.7. The smallest absolute Gasteiger partial charge is 0.388 e. The van der Waals surface area contributed by atoms with Gasteiger partial charge in [0.25, 0.3) is 5.56 Å². The fourth-order valence-corrected chi connectivity index (χ4v) is 2.46. The number of aliphatic hydroxyl groups excluding tert-OH is 2. The second kappa shape index (κ2) is 13.1. The van der Waals surface area contributed by atoms with Crippen molar-refractivity contribution >= 4 is 34.2 Å². The van der Waals surface area contributed by atoms with Crippen molar-refractivity contribution in [1.29, 1.82) is 0 Å². The molecule has 0 amide bonds. The van der Waals surface area contributed by atoms with Gasteiger partial charge in [0.05, 0.1) is 6.10 Å². The lowest BCUT2D eigenvalue weighted by molar-refractivity contribution is -0.0339. The number of phosphoric acid groups is 3. The van der Waals surface area contributed by atoms with Gasteiger partial charge in [-0.05, 0) is 24.4 Å². The first-order valence-electron chi connectivity index (χ1n) is 8.56. The normalized spacial score (nSPS) is 22.5. The minimum absolute atomic E-state index is 0.233. The van der Waals surface area contributed by atoms with E-state index in [1.807, 2.05) is 12.1 Å². The average molecular weight is 555 g/mol. The molecule has 34 heavy (non-hydrogen) atoms. The molecule has 1 aliphatic heterocycles. The molecule has 196 valence electrons. The highest BCUT2D eigenvalue weighted by Gasteiger charge is 2.41. The summed E-state index contributed by atoms with van der Waals surface area (Å²) < 4.78 is 33.4. The summed E-state index contributed by atoms with van der Waals surface area (Å²) in [4.78, 5) is 77.1. The summed E-state index contributed by atoms with van der Waals surface area (Å²) in [6.45, 7) is 1.67. The van der Waals surface area contributed by atoms with E-state index >= 15 is 0 Å². The predicted molar refractivity (Wildman–Crippen MR) is 113 cm³/mol. The van der Waals surface area contributed by atoms with Crippen LogP contribution in [0, 0.1) is 0 Å². The van der Waals surface area contributed by atoms with Crippen LogP contribution in [0.4, 0.5) is 0 Å². The second-order valence-electron chi connectivity index (χ2n) is 6.37.